The molecule has 0 unspecified atom stereocenters. The first-order valence-corrected chi connectivity index (χ1v) is 13.1. The Morgan fingerprint density at radius 1 is 0.947 bits per heavy atom. The molecular formula is C30H30N2O5S. The number of anilines is 1. The van der Waals surface area contributed by atoms with E-state index in [2.05, 4.69) is 5.32 Å². The maximum Gasteiger partial charge on any atom is 0.293 e. The van der Waals surface area contributed by atoms with E-state index in [0.29, 0.717) is 16.2 Å². The summed E-state index contributed by atoms with van der Waals surface area (Å²) in [4.78, 5) is 39.3. The number of aryl methyl sites for hydroxylation is 3. The summed E-state index contributed by atoms with van der Waals surface area (Å²) in [6.07, 6.45) is 1.65. The molecule has 1 aliphatic heterocycles. The zero-order chi connectivity index (χ0) is 27.2. The van der Waals surface area contributed by atoms with Gasteiger partial charge < -0.3 is 14.8 Å². The zero-order valence-electron chi connectivity index (χ0n) is 21.9. The number of hydrogen-bond donors (Lipinski definition) is 1. The third-order valence-electron chi connectivity index (χ3n) is 6.19. The number of carbonyl (C=O) groups excluding carboxylic acids is 3. The molecule has 0 spiro atoms. The summed E-state index contributed by atoms with van der Waals surface area (Å²) in [7, 11) is 0. The number of rotatable bonds is 9. The first-order valence-electron chi connectivity index (χ1n) is 12.3. The maximum absolute atomic E-state index is 12.9. The fourth-order valence-corrected chi connectivity index (χ4v) is 4.73. The highest BCUT2D eigenvalue weighted by atomic mass is 32.2. The van der Waals surface area contributed by atoms with Gasteiger partial charge in [0.15, 0.2) is 6.61 Å². The van der Waals surface area contributed by atoms with E-state index >= 15 is 0 Å². The zero-order valence-corrected chi connectivity index (χ0v) is 22.7. The predicted molar refractivity (Wildman–Crippen MR) is 151 cm³/mol. The van der Waals surface area contributed by atoms with Crippen molar-refractivity contribution in [1.29, 1.82) is 0 Å². The van der Waals surface area contributed by atoms with Crippen molar-refractivity contribution in [2.24, 2.45) is 0 Å². The molecule has 0 radical (unpaired) electrons. The Labute approximate surface area is 226 Å². The smallest absolute Gasteiger partial charge is 0.293 e. The van der Waals surface area contributed by atoms with Gasteiger partial charge in [0.2, 0.25) is 0 Å². The average Bonchev–Trinajstić information content (AvgIpc) is 3.15. The molecule has 0 atom stereocenters. The van der Waals surface area contributed by atoms with Crippen LogP contribution in [0.25, 0.3) is 6.08 Å². The number of amides is 3. The largest absolute Gasteiger partial charge is 0.491 e. The monoisotopic (exact) mass is 530 g/mol. The summed E-state index contributed by atoms with van der Waals surface area (Å²) >= 11 is 0.894. The molecule has 0 aromatic heterocycles. The molecule has 3 aromatic rings. The summed E-state index contributed by atoms with van der Waals surface area (Å²) in [6.45, 7) is 8.09. The van der Waals surface area contributed by atoms with E-state index in [9.17, 15) is 14.4 Å². The molecule has 196 valence electrons. The lowest BCUT2D eigenvalue weighted by molar-refractivity contribution is -0.123. The fourth-order valence-electron chi connectivity index (χ4n) is 3.87. The Hall–Kier alpha value is -4.04. The number of imide groups is 1. The van der Waals surface area contributed by atoms with Crippen LogP contribution in [0.4, 0.5) is 10.5 Å². The van der Waals surface area contributed by atoms with Crippen molar-refractivity contribution in [2.75, 3.05) is 25.1 Å². The SMILES string of the molecule is Cc1ccc(C)c(OCCN2C(=O)S/C(=C\c3cccc(OCC(=O)Nc4cccc(C)c4C)c3)C2=O)c1. The molecule has 3 aromatic carbocycles. The number of ether oxygens (including phenoxy) is 2. The predicted octanol–water partition coefficient (Wildman–Crippen LogP) is 6.05. The third-order valence-corrected chi connectivity index (χ3v) is 7.10. The van der Waals surface area contributed by atoms with Crippen molar-refractivity contribution in [1.82, 2.24) is 4.90 Å². The van der Waals surface area contributed by atoms with Crippen molar-refractivity contribution in [3.8, 4) is 11.5 Å². The van der Waals surface area contributed by atoms with Crippen molar-refractivity contribution in [3.63, 3.8) is 0 Å². The lowest BCUT2D eigenvalue weighted by atomic mass is 10.1. The minimum absolute atomic E-state index is 0.159. The van der Waals surface area contributed by atoms with Gasteiger partial charge in [0, 0.05) is 5.69 Å². The number of carbonyl (C=O) groups is 3. The van der Waals surface area contributed by atoms with Gasteiger partial charge in [0.05, 0.1) is 11.4 Å². The Morgan fingerprint density at radius 2 is 1.74 bits per heavy atom. The van der Waals surface area contributed by atoms with E-state index in [1.807, 2.05) is 64.1 Å². The van der Waals surface area contributed by atoms with Crippen LogP contribution in [-0.2, 0) is 9.59 Å². The number of nitrogens with zero attached hydrogens (tertiary/aromatic N) is 1. The van der Waals surface area contributed by atoms with Crippen molar-refractivity contribution < 1.29 is 23.9 Å². The van der Waals surface area contributed by atoms with Crippen molar-refractivity contribution in [3.05, 3.63) is 93.4 Å². The van der Waals surface area contributed by atoms with Crippen LogP contribution in [-0.4, -0.2) is 41.7 Å². The molecule has 1 heterocycles. The van der Waals surface area contributed by atoms with Gasteiger partial charge in [-0.05, 0) is 97.6 Å². The Bertz CT molecular complexity index is 1420. The van der Waals surface area contributed by atoms with Crippen molar-refractivity contribution in [2.45, 2.75) is 27.7 Å². The van der Waals surface area contributed by atoms with Gasteiger partial charge in [-0.25, -0.2) is 0 Å². The third kappa shape index (κ3) is 6.63. The van der Waals surface area contributed by atoms with Gasteiger partial charge in [-0.2, -0.15) is 0 Å². The van der Waals surface area contributed by atoms with E-state index in [4.69, 9.17) is 9.47 Å². The minimum Gasteiger partial charge on any atom is -0.491 e. The first kappa shape index (κ1) is 27.0. The standard InChI is InChI=1S/C30H30N2O5S/c1-19-11-12-21(3)26(15-19)36-14-13-32-29(34)27(38-30(32)35)17-23-8-6-9-24(16-23)37-18-28(33)31-25-10-5-7-20(2)22(25)4/h5-12,15-17H,13-14,18H2,1-4H3,(H,31,33)/b27-17-. The van der Waals surface area contributed by atoms with Gasteiger partial charge in [-0.1, -0.05) is 36.4 Å². The van der Waals surface area contributed by atoms with Gasteiger partial charge in [0.25, 0.3) is 17.1 Å². The second-order valence-electron chi connectivity index (χ2n) is 9.11. The van der Waals surface area contributed by atoms with E-state index in [-0.39, 0.29) is 36.8 Å². The van der Waals surface area contributed by atoms with Gasteiger partial charge >= 0.3 is 0 Å². The Morgan fingerprint density at radius 3 is 2.55 bits per heavy atom. The number of nitrogens with one attached hydrogen (secondary N) is 1. The van der Waals surface area contributed by atoms with Gasteiger partial charge in [-0.15, -0.1) is 0 Å². The van der Waals surface area contributed by atoms with Gasteiger partial charge in [0.1, 0.15) is 18.1 Å². The highest BCUT2D eigenvalue weighted by Gasteiger charge is 2.34. The molecule has 4 rings (SSSR count). The molecule has 1 N–H and O–H groups in total. The molecule has 8 heteroatoms. The lowest BCUT2D eigenvalue weighted by Crippen LogP contribution is -2.32. The van der Waals surface area contributed by atoms with Crippen molar-refractivity contribution >= 4 is 40.6 Å². The van der Waals surface area contributed by atoms with Crippen LogP contribution < -0.4 is 14.8 Å². The van der Waals surface area contributed by atoms with E-state index in [0.717, 1.165) is 45.5 Å². The molecule has 0 saturated carbocycles. The highest BCUT2D eigenvalue weighted by Crippen LogP contribution is 2.32. The quantitative estimate of drug-likeness (QED) is 0.339. The van der Waals surface area contributed by atoms with Crippen LogP contribution in [0.3, 0.4) is 0 Å². The first-order chi connectivity index (χ1) is 18.2. The van der Waals surface area contributed by atoms with Gasteiger partial charge in [-0.3, -0.25) is 19.3 Å². The summed E-state index contributed by atoms with van der Waals surface area (Å²) in [6, 6.07) is 18.7. The molecule has 38 heavy (non-hydrogen) atoms. The van der Waals surface area contributed by atoms with E-state index in [1.165, 1.54) is 4.90 Å². The summed E-state index contributed by atoms with van der Waals surface area (Å²) in [5, 5.41) is 2.53. The molecule has 1 aliphatic rings. The second-order valence-corrected chi connectivity index (χ2v) is 10.1. The maximum atomic E-state index is 12.9. The second kappa shape index (κ2) is 12.0. The van der Waals surface area contributed by atoms with Crippen LogP contribution >= 0.6 is 11.8 Å². The van der Waals surface area contributed by atoms with Crippen LogP contribution in [0.2, 0.25) is 0 Å². The van der Waals surface area contributed by atoms with E-state index < -0.39 is 0 Å². The van der Waals surface area contributed by atoms with Crippen LogP contribution in [0.15, 0.2) is 65.6 Å². The van der Waals surface area contributed by atoms with Crippen LogP contribution in [0, 0.1) is 27.7 Å². The average molecular weight is 531 g/mol. The summed E-state index contributed by atoms with van der Waals surface area (Å²) in [5.41, 5.74) is 5.61. The topological polar surface area (TPSA) is 84.9 Å². The molecule has 1 fully saturated rings. The fraction of sp³-hybridized carbons (Fsp3) is 0.233. The molecule has 1 saturated heterocycles. The number of thioether (sulfide) groups is 1. The van der Waals surface area contributed by atoms with Crippen LogP contribution in [0.1, 0.15) is 27.8 Å². The Kier molecular flexibility index (Phi) is 8.53. The molecule has 3 amide bonds. The summed E-state index contributed by atoms with van der Waals surface area (Å²) in [5.74, 6) is 0.597. The summed E-state index contributed by atoms with van der Waals surface area (Å²) < 4.78 is 11.5. The molecular weight excluding hydrogens is 500 g/mol. The molecule has 0 aliphatic carbocycles. The number of hydrogen-bond acceptors (Lipinski definition) is 6. The molecule has 7 nitrogen and oxygen atoms in total. The Balaban J connectivity index is 1.34. The van der Waals surface area contributed by atoms with E-state index in [1.54, 1.807) is 30.3 Å². The lowest BCUT2D eigenvalue weighted by Gasteiger charge is -2.14. The minimum atomic E-state index is -0.358. The highest BCUT2D eigenvalue weighted by molar-refractivity contribution is 8.18. The number of benzene rings is 3. The molecule has 0 bridgehead atoms. The van der Waals surface area contributed by atoms with Crippen LogP contribution in [0.5, 0.6) is 11.5 Å². The normalized spacial score (nSPS) is 14.2.